The monoisotopic (exact) mass is 458 g/mol. The average molecular weight is 459 g/mol. The first-order chi connectivity index (χ1) is 15.4. The largest absolute Gasteiger partial charge is 0.348 e. The minimum Gasteiger partial charge on any atom is -0.348 e. The van der Waals surface area contributed by atoms with Crippen molar-refractivity contribution in [2.45, 2.75) is 31.3 Å². The molecule has 1 aromatic heterocycles. The number of hydrogen-bond donors (Lipinski definition) is 1. The number of benzene rings is 2. The second-order valence-corrected chi connectivity index (χ2v) is 9.79. The molecule has 1 N–H and O–H groups in total. The van der Waals surface area contributed by atoms with Gasteiger partial charge in [-0.2, -0.15) is 4.31 Å². The van der Waals surface area contributed by atoms with Crippen molar-refractivity contribution >= 4 is 27.0 Å². The topological polar surface area (TPSA) is 74.7 Å². The zero-order valence-electron chi connectivity index (χ0n) is 18.0. The number of carbonyl (C=O) groups is 1. The minimum atomic E-state index is -3.65. The lowest BCUT2D eigenvalue weighted by atomic mass is 10.2. The highest BCUT2D eigenvalue weighted by atomic mass is 32.2. The summed E-state index contributed by atoms with van der Waals surface area (Å²) in [6.07, 6.45) is 2.51. The Balaban J connectivity index is 1.40. The molecule has 170 valence electrons. The van der Waals surface area contributed by atoms with Crippen LogP contribution in [0.25, 0.3) is 10.9 Å². The quantitative estimate of drug-likeness (QED) is 0.637. The van der Waals surface area contributed by atoms with Gasteiger partial charge in [-0.3, -0.25) is 0 Å². The van der Waals surface area contributed by atoms with E-state index in [-0.39, 0.29) is 29.8 Å². The molecule has 32 heavy (non-hydrogen) atoms. The van der Waals surface area contributed by atoms with Crippen LogP contribution in [0.4, 0.5) is 9.18 Å². The van der Waals surface area contributed by atoms with Crippen molar-refractivity contribution < 1.29 is 17.6 Å². The first-order valence-corrected chi connectivity index (χ1v) is 12.2. The van der Waals surface area contributed by atoms with Crippen LogP contribution in [0.15, 0.2) is 59.6 Å². The Hall–Kier alpha value is -2.91. The lowest BCUT2D eigenvalue weighted by molar-refractivity contribution is 0.200. The fourth-order valence-corrected chi connectivity index (χ4v) is 5.50. The molecule has 0 unspecified atom stereocenters. The van der Waals surface area contributed by atoms with Crippen LogP contribution in [0, 0.1) is 5.82 Å². The smallest absolute Gasteiger partial charge is 0.317 e. The third kappa shape index (κ3) is 4.63. The fraction of sp³-hybridized carbons (Fsp3) is 0.348. The van der Waals surface area contributed by atoms with Crippen LogP contribution < -0.4 is 5.32 Å². The summed E-state index contributed by atoms with van der Waals surface area (Å²) >= 11 is 0. The molecule has 0 saturated carbocycles. The zero-order chi connectivity index (χ0) is 22.7. The highest BCUT2D eigenvalue weighted by Gasteiger charge is 2.28. The van der Waals surface area contributed by atoms with E-state index in [9.17, 15) is 17.6 Å². The van der Waals surface area contributed by atoms with Gasteiger partial charge in [0.2, 0.25) is 10.0 Å². The van der Waals surface area contributed by atoms with E-state index in [2.05, 4.69) is 9.88 Å². The predicted molar refractivity (Wildman–Crippen MR) is 121 cm³/mol. The van der Waals surface area contributed by atoms with Crippen LogP contribution >= 0.6 is 0 Å². The normalized spacial score (nSPS) is 15.6. The summed E-state index contributed by atoms with van der Waals surface area (Å²) in [7, 11) is -3.65. The van der Waals surface area contributed by atoms with Crippen LogP contribution in [-0.2, 0) is 23.1 Å². The highest BCUT2D eigenvalue weighted by molar-refractivity contribution is 7.89. The van der Waals surface area contributed by atoms with Gasteiger partial charge in [0.1, 0.15) is 5.82 Å². The van der Waals surface area contributed by atoms with E-state index in [1.165, 1.54) is 16.4 Å². The molecule has 0 spiro atoms. The molecule has 0 bridgehead atoms. The van der Waals surface area contributed by atoms with Gasteiger partial charge in [-0.25, -0.2) is 17.6 Å². The number of nitrogens with zero attached hydrogens (tertiary/aromatic N) is 3. The van der Waals surface area contributed by atoms with Gasteiger partial charge in [0.25, 0.3) is 0 Å². The van der Waals surface area contributed by atoms with Crippen molar-refractivity contribution in [3.63, 3.8) is 0 Å². The number of aromatic nitrogens is 1. The standard InChI is InChI=1S/C23H27FN4O3S/c1-2-26-13-10-19-16-21(8-9-22(19)26)32(30,31)28-12-3-11-27(14-15-28)23(29)25-17-18-4-6-20(24)7-5-18/h4-10,13,16H,2-3,11-12,14-15,17H2,1H3,(H,25,29). The van der Waals surface area contributed by atoms with Crippen LogP contribution in [0.1, 0.15) is 18.9 Å². The van der Waals surface area contributed by atoms with E-state index < -0.39 is 10.0 Å². The Morgan fingerprint density at radius 2 is 1.81 bits per heavy atom. The number of hydrogen-bond acceptors (Lipinski definition) is 3. The number of fused-ring (bicyclic) bond motifs is 1. The molecule has 0 aliphatic carbocycles. The summed E-state index contributed by atoms with van der Waals surface area (Å²) in [6.45, 7) is 4.53. The van der Waals surface area contributed by atoms with E-state index in [0.717, 1.165) is 23.0 Å². The first-order valence-electron chi connectivity index (χ1n) is 10.7. The Morgan fingerprint density at radius 1 is 1.03 bits per heavy atom. The maximum absolute atomic E-state index is 13.2. The van der Waals surface area contributed by atoms with Gasteiger partial charge >= 0.3 is 6.03 Å². The van der Waals surface area contributed by atoms with Gasteiger partial charge < -0.3 is 14.8 Å². The van der Waals surface area contributed by atoms with Crippen molar-refractivity contribution in [1.82, 2.24) is 19.1 Å². The van der Waals surface area contributed by atoms with Gasteiger partial charge in [-0.05, 0) is 55.3 Å². The predicted octanol–water partition coefficient (Wildman–Crippen LogP) is 3.41. The SMILES string of the molecule is CCn1ccc2cc(S(=O)(=O)N3CCCN(C(=O)NCc4ccc(F)cc4)CC3)ccc21. The average Bonchev–Trinajstić information content (AvgIpc) is 3.03. The number of nitrogens with one attached hydrogen (secondary N) is 1. The van der Waals surface area contributed by atoms with Gasteiger partial charge in [0, 0.05) is 56.4 Å². The molecule has 0 atom stereocenters. The second kappa shape index (κ2) is 9.30. The van der Waals surface area contributed by atoms with Gasteiger partial charge in [0.05, 0.1) is 4.90 Å². The number of carbonyl (C=O) groups excluding carboxylic acids is 1. The summed E-state index contributed by atoms with van der Waals surface area (Å²) in [5.41, 5.74) is 1.80. The molecule has 2 aromatic carbocycles. The zero-order valence-corrected chi connectivity index (χ0v) is 18.8. The van der Waals surface area contributed by atoms with Crippen molar-refractivity contribution in [3.05, 3.63) is 66.1 Å². The molecule has 1 saturated heterocycles. The molecular weight excluding hydrogens is 431 g/mol. The van der Waals surface area contributed by atoms with Crippen molar-refractivity contribution in [1.29, 1.82) is 0 Å². The van der Waals surface area contributed by atoms with Gasteiger partial charge in [0.15, 0.2) is 0 Å². The molecule has 3 aromatic rings. The number of urea groups is 1. The summed E-state index contributed by atoms with van der Waals surface area (Å²) in [5, 5.41) is 3.72. The number of sulfonamides is 1. The van der Waals surface area contributed by atoms with Gasteiger partial charge in [-0.1, -0.05) is 12.1 Å². The Kier molecular flexibility index (Phi) is 6.48. The van der Waals surface area contributed by atoms with Gasteiger partial charge in [-0.15, -0.1) is 0 Å². The molecular formula is C23H27FN4O3S. The van der Waals surface area contributed by atoms with E-state index >= 15 is 0 Å². The maximum Gasteiger partial charge on any atom is 0.317 e. The fourth-order valence-electron chi connectivity index (χ4n) is 3.99. The van der Waals surface area contributed by atoms with Crippen LogP contribution in [0.5, 0.6) is 0 Å². The lowest BCUT2D eigenvalue weighted by Crippen LogP contribution is -2.42. The molecule has 9 heteroatoms. The van der Waals surface area contributed by atoms with E-state index in [0.29, 0.717) is 26.1 Å². The summed E-state index contributed by atoms with van der Waals surface area (Å²) in [6, 6.07) is 12.8. The molecule has 4 rings (SSSR count). The summed E-state index contributed by atoms with van der Waals surface area (Å²) < 4.78 is 43.0. The van der Waals surface area contributed by atoms with Crippen LogP contribution in [0.2, 0.25) is 0 Å². The lowest BCUT2D eigenvalue weighted by Gasteiger charge is -2.22. The Bertz CT molecular complexity index is 1210. The van der Waals surface area contributed by atoms with Crippen molar-refractivity contribution in [3.8, 4) is 0 Å². The van der Waals surface area contributed by atoms with Crippen molar-refractivity contribution in [2.75, 3.05) is 26.2 Å². The number of aryl methyl sites for hydroxylation is 1. The van der Waals surface area contributed by atoms with Crippen LogP contribution in [-0.4, -0.2) is 54.4 Å². The number of halogens is 1. The Morgan fingerprint density at radius 3 is 2.56 bits per heavy atom. The van der Waals surface area contributed by atoms with E-state index in [1.807, 2.05) is 25.3 Å². The summed E-state index contributed by atoms with van der Waals surface area (Å²) in [5.74, 6) is -0.323. The molecule has 7 nitrogen and oxygen atoms in total. The molecule has 2 heterocycles. The third-order valence-corrected chi connectivity index (χ3v) is 7.71. The molecule has 0 radical (unpaired) electrons. The number of rotatable bonds is 5. The molecule has 1 aliphatic rings. The number of amides is 2. The first kappa shape index (κ1) is 22.3. The molecule has 2 amide bonds. The molecule has 1 aliphatic heterocycles. The van der Waals surface area contributed by atoms with E-state index in [1.54, 1.807) is 29.2 Å². The molecule has 1 fully saturated rings. The Labute approximate surface area is 187 Å². The van der Waals surface area contributed by atoms with Crippen molar-refractivity contribution in [2.24, 2.45) is 0 Å². The summed E-state index contributed by atoms with van der Waals surface area (Å²) in [4.78, 5) is 14.5. The van der Waals surface area contributed by atoms with E-state index in [4.69, 9.17) is 0 Å². The second-order valence-electron chi connectivity index (χ2n) is 7.85. The maximum atomic E-state index is 13.2. The third-order valence-electron chi connectivity index (χ3n) is 5.82. The minimum absolute atomic E-state index is 0.236. The highest BCUT2D eigenvalue weighted by Crippen LogP contribution is 2.24. The van der Waals surface area contributed by atoms with Crippen LogP contribution in [0.3, 0.4) is 0 Å².